The van der Waals surface area contributed by atoms with Crippen LogP contribution >= 0.6 is 0 Å². The maximum absolute atomic E-state index is 13.7. The van der Waals surface area contributed by atoms with E-state index in [4.69, 9.17) is 9.15 Å². The van der Waals surface area contributed by atoms with E-state index >= 15 is 0 Å². The lowest BCUT2D eigenvalue weighted by Crippen LogP contribution is -2.41. The quantitative estimate of drug-likeness (QED) is 0.460. The van der Waals surface area contributed by atoms with Crippen molar-refractivity contribution in [2.45, 2.75) is 43.9 Å². The fourth-order valence-electron chi connectivity index (χ4n) is 4.66. The minimum absolute atomic E-state index is 0.0514. The molecule has 0 spiro atoms. The molecule has 8 nitrogen and oxygen atoms in total. The zero-order valence-corrected chi connectivity index (χ0v) is 17.4. The van der Waals surface area contributed by atoms with Gasteiger partial charge in [0.25, 0.3) is 0 Å². The van der Waals surface area contributed by atoms with Crippen LogP contribution in [0.4, 0.5) is 8.78 Å². The van der Waals surface area contributed by atoms with Crippen LogP contribution in [0.2, 0.25) is 0 Å². The van der Waals surface area contributed by atoms with Gasteiger partial charge in [-0.3, -0.25) is 4.57 Å². The van der Waals surface area contributed by atoms with Crippen molar-refractivity contribution in [3.63, 3.8) is 0 Å². The second-order valence-electron chi connectivity index (χ2n) is 8.41. The summed E-state index contributed by atoms with van der Waals surface area (Å²) in [6, 6.07) is 10.3. The molecule has 1 atom stereocenters. The molecule has 4 aromatic rings. The highest BCUT2D eigenvalue weighted by Crippen LogP contribution is 2.36. The largest absolute Gasteiger partial charge is 0.490 e. The highest BCUT2D eigenvalue weighted by molar-refractivity contribution is 5.55. The Labute approximate surface area is 186 Å². The smallest absolute Gasteiger partial charge is 0.346 e. The molecule has 2 aliphatic rings. The zero-order chi connectivity index (χ0) is 22.5. The minimum atomic E-state index is -0.652. The van der Waals surface area contributed by atoms with Crippen LogP contribution in [0, 0.1) is 11.6 Å². The molecule has 33 heavy (non-hydrogen) atoms. The first-order valence-corrected chi connectivity index (χ1v) is 10.7. The van der Waals surface area contributed by atoms with Crippen LogP contribution in [0.5, 0.6) is 5.75 Å². The Morgan fingerprint density at radius 1 is 1.09 bits per heavy atom. The molecule has 0 bridgehead atoms. The third-order valence-corrected chi connectivity index (χ3v) is 6.29. The fraction of sp³-hybridized carbons (Fsp3) is 0.304. The van der Waals surface area contributed by atoms with Crippen LogP contribution in [0.1, 0.15) is 42.7 Å². The van der Waals surface area contributed by atoms with Crippen LogP contribution in [-0.4, -0.2) is 30.6 Å². The van der Waals surface area contributed by atoms with Gasteiger partial charge in [-0.25, -0.2) is 18.3 Å². The number of rotatable bonds is 5. The molecular formula is C23H19F2N5O3. The number of aromatic nitrogens is 5. The molecule has 2 aromatic carbocycles. The summed E-state index contributed by atoms with van der Waals surface area (Å²) in [4.78, 5) is 13.1. The van der Waals surface area contributed by atoms with E-state index in [1.165, 1.54) is 23.2 Å². The number of fused-ring (bicyclic) bond motifs is 1. The lowest BCUT2D eigenvalue weighted by Gasteiger charge is -2.34. The summed E-state index contributed by atoms with van der Waals surface area (Å²) in [6.45, 7) is 0. The minimum Gasteiger partial charge on any atom is -0.490 e. The van der Waals surface area contributed by atoms with Crippen molar-refractivity contribution >= 4 is 0 Å². The Morgan fingerprint density at radius 2 is 1.91 bits per heavy atom. The summed E-state index contributed by atoms with van der Waals surface area (Å²) in [5, 5.41) is 12.1. The first-order valence-electron chi connectivity index (χ1n) is 10.7. The van der Waals surface area contributed by atoms with Crippen molar-refractivity contribution in [2.75, 3.05) is 0 Å². The van der Waals surface area contributed by atoms with Crippen LogP contribution in [0.25, 0.3) is 11.5 Å². The molecule has 0 saturated heterocycles. The molecular weight excluding hydrogens is 432 g/mol. The van der Waals surface area contributed by atoms with E-state index in [0.29, 0.717) is 48.7 Å². The molecule has 0 N–H and O–H groups in total. The normalized spacial score (nSPS) is 21.6. The van der Waals surface area contributed by atoms with E-state index in [1.54, 1.807) is 4.57 Å². The fourth-order valence-corrected chi connectivity index (χ4v) is 4.66. The number of benzene rings is 2. The number of hydrogen-bond acceptors (Lipinski definition) is 6. The van der Waals surface area contributed by atoms with E-state index in [-0.39, 0.29) is 17.8 Å². The van der Waals surface area contributed by atoms with Crippen molar-refractivity contribution in [2.24, 2.45) is 0 Å². The van der Waals surface area contributed by atoms with E-state index in [2.05, 4.69) is 15.3 Å². The summed E-state index contributed by atoms with van der Waals surface area (Å²) in [5.41, 5.74) is 0.963. The summed E-state index contributed by atoms with van der Waals surface area (Å²) in [7, 11) is 0. The van der Waals surface area contributed by atoms with Gasteiger partial charge in [0.2, 0.25) is 12.3 Å². The SMILES string of the molecule is O=c1n2c(nn1[C@H]1C[C@H](Oc3cccc(-c4nnco4)c3)C1)CC[C@H]2c1cc(F)cc(F)c1. The highest BCUT2D eigenvalue weighted by Gasteiger charge is 2.37. The van der Waals surface area contributed by atoms with Gasteiger partial charge in [-0.05, 0) is 42.3 Å². The molecule has 3 heterocycles. The van der Waals surface area contributed by atoms with Gasteiger partial charge in [0.15, 0.2) is 0 Å². The average Bonchev–Trinajstić information content (AvgIpc) is 3.49. The van der Waals surface area contributed by atoms with Gasteiger partial charge >= 0.3 is 5.69 Å². The Morgan fingerprint density at radius 3 is 2.67 bits per heavy atom. The van der Waals surface area contributed by atoms with E-state index in [9.17, 15) is 13.6 Å². The Balaban J connectivity index is 1.17. The van der Waals surface area contributed by atoms with Crippen LogP contribution in [-0.2, 0) is 6.42 Å². The molecule has 0 amide bonds. The number of ether oxygens (including phenoxy) is 1. The van der Waals surface area contributed by atoms with Crippen molar-refractivity contribution in [3.05, 3.63) is 82.4 Å². The molecule has 6 rings (SSSR count). The Bertz CT molecular complexity index is 1360. The third-order valence-electron chi connectivity index (χ3n) is 6.29. The molecule has 0 radical (unpaired) electrons. The molecule has 2 aromatic heterocycles. The predicted molar refractivity (Wildman–Crippen MR) is 112 cm³/mol. The number of nitrogens with zero attached hydrogens (tertiary/aromatic N) is 5. The summed E-state index contributed by atoms with van der Waals surface area (Å²) in [5.74, 6) is 0.439. The molecule has 1 saturated carbocycles. The van der Waals surface area contributed by atoms with E-state index in [1.807, 2.05) is 24.3 Å². The predicted octanol–water partition coefficient (Wildman–Crippen LogP) is 3.69. The third kappa shape index (κ3) is 3.51. The molecule has 0 unspecified atom stereocenters. The summed E-state index contributed by atoms with van der Waals surface area (Å²) >= 11 is 0. The van der Waals surface area contributed by atoms with Crippen molar-refractivity contribution in [1.82, 2.24) is 24.5 Å². The number of aryl methyl sites for hydroxylation is 1. The molecule has 1 aliphatic carbocycles. The highest BCUT2D eigenvalue weighted by atomic mass is 19.1. The average molecular weight is 451 g/mol. The zero-order valence-electron chi connectivity index (χ0n) is 17.4. The van der Waals surface area contributed by atoms with Gasteiger partial charge in [-0.2, -0.15) is 5.10 Å². The molecule has 1 fully saturated rings. The first kappa shape index (κ1) is 19.8. The van der Waals surface area contributed by atoms with Gasteiger partial charge in [0.05, 0.1) is 12.1 Å². The van der Waals surface area contributed by atoms with Gasteiger partial charge < -0.3 is 9.15 Å². The monoisotopic (exact) mass is 451 g/mol. The lowest BCUT2D eigenvalue weighted by atomic mass is 9.89. The van der Waals surface area contributed by atoms with Crippen LogP contribution in [0.15, 0.2) is 58.1 Å². The molecule has 1 aliphatic heterocycles. The number of halogens is 2. The van der Waals surface area contributed by atoms with E-state index in [0.717, 1.165) is 11.6 Å². The van der Waals surface area contributed by atoms with Crippen LogP contribution < -0.4 is 10.4 Å². The second kappa shape index (κ2) is 7.65. The van der Waals surface area contributed by atoms with Crippen molar-refractivity contribution < 1.29 is 17.9 Å². The molecule has 168 valence electrons. The van der Waals surface area contributed by atoms with Crippen molar-refractivity contribution in [3.8, 4) is 17.2 Å². The number of hydrogen-bond donors (Lipinski definition) is 0. The van der Waals surface area contributed by atoms with Crippen LogP contribution in [0.3, 0.4) is 0 Å². The topological polar surface area (TPSA) is 88.0 Å². The second-order valence-corrected chi connectivity index (χ2v) is 8.41. The maximum atomic E-state index is 13.7. The van der Waals surface area contributed by atoms with Gasteiger partial charge in [0, 0.05) is 30.9 Å². The Hall–Kier alpha value is -3.82. The molecule has 10 heteroatoms. The Kier molecular flexibility index (Phi) is 4.60. The summed E-state index contributed by atoms with van der Waals surface area (Å²) < 4.78 is 41.7. The van der Waals surface area contributed by atoms with Gasteiger partial charge in [0.1, 0.15) is 29.3 Å². The standard InChI is InChI=1S/C23H19F2N5O3/c24-15-6-14(7-16(25)9-15)20-4-5-21-28-30(23(31)29(20)21)17-10-19(11-17)33-18-3-1-2-13(8-18)22-27-26-12-32-22/h1-3,6-9,12,17,19-20H,4-5,10-11H2/t17-,19-,20-/m0/s1. The van der Waals surface area contributed by atoms with Gasteiger partial charge in [-0.1, -0.05) is 6.07 Å². The van der Waals surface area contributed by atoms with Gasteiger partial charge in [-0.15, -0.1) is 10.2 Å². The summed E-state index contributed by atoms with van der Waals surface area (Å²) in [6.07, 6.45) is 3.67. The lowest BCUT2D eigenvalue weighted by molar-refractivity contribution is 0.0623. The first-order chi connectivity index (χ1) is 16.0. The van der Waals surface area contributed by atoms with Crippen molar-refractivity contribution in [1.29, 1.82) is 0 Å². The maximum Gasteiger partial charge on any atom is 0.346 e. The van der Waals surface area contributed by atoms with E-state index < -0.39 is 17.7 Å².